The van der Waals surface area contributed by atoms with Crippen molar-refractivity contribution in [1.29, 1.82) is 5.26 Å². The Morgan fingerprint density at radius 2 is 1.86 bits per heavy atom. The SMILES string of the molecule is N#Cc1ccc(S(=O)(=O)N2CCc3ccc(N)cc32)cc1. The monoisotopic (exact) mass is 299 g/mol. The molecule has 2 aromatic carbocycles. The molecule has 1 heterocycles. The molecule has 5 nitrogen and oxygen atoms in total. The van der Waals surface area contributed by atoms with Gasteiger partial charge in [-0.05, 0) is 48.4 Å². The second-order valence-electron chi connectivity index (χ2n) is 4.85. The Morgan fingerprint density at radius 3 is 2.52 bits per heavy atom. The van der Waals surface area contributed by atoms with Gasteiger partial charge in [-0.15, -0.1) is 0 Å². The molecule has 0 unspecified atom stereocenters. The summed E-state index contributed by atoms with van der Waals surface area (Å²) in [6.45, 7) is 0.404. The van der Waals surface area contributed by atoms with E-state index in [0.29, 0.717) is 29.9 Å². The molecule has 6 heteroatoms. The highest BCUT2D eigenvalue weighted by molar-refractivity contribution is 7.92. The normalized spacial score (nSPS) is 13.8. The van der Waals surface area contributed by atoms with E-state index < -0.39 is 10.0 Å². The zero-order valence-corrected chi connectivity index (χ0v) is 12.0. The average Bonchev–Trinajstić information content (AvgIpc) is 2.91. The van der Waals surface area contributed by atoms with Gasteiger partial charge in [-0.1, -0.05) is 6.07 Å². The Bertz CT molecular complexity index is 836. The van der Waals surface area contributed by atoms with Gasteiger partial charge in [-0.3, -0.25) is 4.31 Å². The van der Waals surface area contributed by atoms with E-state index >= 15 is 0 Å². The minimum atomic E-state index is -3.63. The van der Waals surface area contributed by atoms with Crippen LogP contribution in [0.25, 0.3) is 0 Å². The lowest BCUT2D eigenvalue weighted by Gasteiger charge is -2.19. The van der Waals surface area contributed by atoms with Crippen molar-refractivity contribution in [1.82, 2.24) is 0 Å². The molecule has 1 aliphatic rings. The first kappa shape index (κ1) is 13.5. The second kappa shape index (κ2) is 4.79. The smallest absolute Gasteiger partial charge is 0.264 e. The molecule has 0 aliphatic carbocycles. The number of nitrogens with two attached hydrogens (primary N) is 1. The van der Waals surface area contributed by atoms with Crippen LogP contribution in [0.3, 0.4) is 0 Å². The third-order valence-corrected chi connectivity index (χ3v) is 5.36. The Hall–Kier alpha value is -2.52. The van der Waals surface area contributed by atoms with E-state index in [1.165, 1.54) is 28.6 Å². The standard InChI is InChI=1S/C15H13N3O2S/c16-10-11-1-5-14(6-2-11)21(19,20)18-8-7-12-3-4-13(17)9-15(12)18/h1-6,9H,7-8,17H2. The highest BCUT2D eigenvalue weighted by atomic mass is 32.2. The van der Waals surface area contributed by atoms with E-state index in [2.05, 4.69) is 0 Å². The number of hydrogen-bond acceptors (Lipinski definition) is 4. The van der Waals surface area contributed by atoms with Gasteiger partial charge in [0.05, 0.1) is 22.2 Å². The zero-order valence-electron chi connectivity index (χ0n) is 11.2. The lowest BCUT2D eigenvalue weighted by Crippen LogP contribution is -2.29. The number of nitrogens with zero attached hydrogens (tertiary/aromatic N) is 2. The van der Waals surface area contributed by atoms with Crippen LogP contribution in [0.2, 0.25) is 0 Å². The fraction of sp³-hybridized carbons (Fsp3) is 0.133. The Balaban J connectivity index is 2.04. The van der Waals surface area contributed by atoms with Crippen LogP contribution in [0.4, 0.5) is 11.4 Å². The molecular weight excluding hydrogens is 286 g/mol. The molecular formula is C15H13N3O2S. The number of nitriles is 1. The summed E-state index contributed by atoms with van der Waals surface area (Å²) in [7, 11) is -3.63. The maximum Gasteiger partial charge on any atom is 0.264 e. The lowest BCUT2D eigenvalue weighted by molar-refractivity contribution is 0.592. The molecule has 106 valence electrons. The summed E-state index contributed by atoms with van der Waals surface area (Å²) in [5, 5.41) is 8.78. The van der Waals surface area contributed by atoms with Gasteiger partial charge in [0.25, 0.3) is 10.0 Å². The van der Waals surface area contributed by atoms with Gasteiger partial charge < -0.3 is 5.73 Å². The first-order valence-corrected chi connectivity index (χ1v) is 7.88. The van der Waals surface area contributed by atoms with Crippen LogP contribution in [0, 0.1) is 11.3 Å². The summed E-state index contributed by atoms with van der Waals surface area (Å²) < 4.78 is 26.8. The minimum Gasteiger partial charge on any atom is -0.399 e. The van der Waals surface area contributed by atoms with Crippen molar-refractivity contribution in [3.05, 3.63) is 53.6 Å². The maximum absolute atomic E-state index is 12.7. The van der Waals surface area contributed by atoms with Crippen molar-refractivity contribution >= 4 is 21.4 Å². The van der Waals surface area contributed by atoms with Crippen LogP contribution in [0.5, 0.6) is 0 Å². The van der Waals surface area contributed by atoms with Crippen molar-refractivity contribution in [2.24, 2.45) is 0 Å². The summed E-state index contributed by atoms with van der Waals surface area (Å²) in [6, 6.07) is 13.2. The first-order valence-electron chi connectivity index (χ1n) is 6.44. The summed E-state index contributed by atoms with van der Waals surface area (Å²) in [6.07, 6.45) is 0.672. The molecule has 0 atom stereocenters. The lowest BCUT2D eigenvalue weighted by atomic mass is 10.1. The minimum absolute atomic E-state index is 0.178. The third kappa shape index (κ3) is 2.22. The predicted octanol–water partition coefficient (Wildman–Crippen LogP) is 1.89. The predicted molar refractivity (Wildman–Crippen MR) is 80.2 cm³/mol. The van der Waals surface area contributed by atoms with Gasteiger partial charge in [0.15, 0.2) is 0 Å². The van der Waals surface area contributed by atoms with Crippen molar-refractivity contribution in [2.45, 2.75) is 11.3 Å². The molecule has 3 rings (SSSR count). The molecule has 21 heavy (non-hydrogen) atoms. The van der Waals surface area contributed by atoms with E-state index in [0.717, 1.165) is 5.56 Å². The summed E-state index contributed by atoms with van der Waals surface area (Å²) >= 11 is 0. The fourth-order valence-corrected chi connectivity index (χ4v) is 3.94. The van der Waals surface area contributed by atoms with Gasteiger partial charge in [-0.25, -0.2) is 8.42 Å². The quantitative estimate of drug-likeness (QED) is 0.858. The van der Waals surface area contributed by atoms with E-state index in [4.69, 9.17) is 11.0 Å². The van der Waals surface area contributed by atoms with Crippen molar-refractivity contribution in [3.8, 4) is 6.07 Å². The van der Waals surface area contributed by atoms with Crippen LogP contribution < -0.4 is 10.0 Å². The zero-order chi connectivity index (χ0) is 15.0. The van der Waals surface area contributed by atoms with E-state index in [1.54, 1.807) is 12.1 Å². The Morgan fingerprint density at radius 1 is 1.14 bits per heavy atom. The summed E-state index contributed by atoms with van der Waals surface area (Å²) in [5.41, 5.74) is 8.34. The van der Waals surface area contributed by atoms with Crippen molar-refractivity contribution in [3.63, 3.8) is 0 Å². The topological polar surface area (TPSA) is 87.2 Å². The molecule has 0 spiro atoms. The van der Waals surface area contributed by atoms with Crippen molar-refractivity contribution < 1.29 is 8.42 Å². The van der Waals surface area contributed by atoms with Crippen LogP contribution in [-0.4, -0.2) is 15.0 Å². The van der Waals surface area contributed by atoms with Gasteiger partial charge >= 0.3 is 0 Å². The number of fused-ring (bicyclic) bond motifs is 1. The van der Waals surface area contributed by atoms with Crippen LogP contribution >= 0.6 is 0 Å². The highest BCUT2D eigenvalue weighted by Gasteiger charge is 2.30. The molecule has 0 saturated heterocycles. The molecule has 0 bridgehead atoms. The van der Waals surface area contributed by atoms with E-state index in [1.807, 2.05) is 12.1 Å². The number of anilines is 2. The number of rotatable bonds is 2. The largest absolute Gasteiger partial charge is 0.399 e. The van der Waals surface area contributed by atoms with Gasteiger partial charge in [-0.2, -0.15) is 5.26 Å². The van der Waals surface area contributed by atoms with Gasteiger partial charge in [0.2, 0.25) is 0 Å². The number of benzene rings is 2. The van der Waals surface area contributed by atoms with Crippen LogP contribution in [-0.2, 0) is 16.4 Å². The molecule has 0 fully saturated rings. The third-order valence-electron chi connectivity index (χ3n) is 3.53. The van der Waals surface area contributed by atoms with Crippen LogP contribution in [0.15, 0.2) is 47.4 Å². The Labute approximate surface area is 123 Å². The van der Waals surface area contributed by atoms with Crippen molar-refractivity contribution in [2.75, 3.05) is 16.6 Å². The average molecular weight is 299 g/mol. The molecule has 2 aromatic rings. The number of sulfonamides is 1. The van der Waals surface area contributed by atoms with Crippen LogP contribution in [0.1, 0.15) is 11.1 Å². The molecule has 0 radical (unpaired) electrons. The summed E-state index contributed by atoms with van der Waals surface area (Å²) in [5.74, 6) is 0. The number of hydrogen-bond donors (Lipinski definition) is 1. The maximum atomic E-state index is 12.7. The molecule has 2 N–H and O–H groups in total. The Kier molecular flexibility index (Phi) is 3.07. The van der Waals surface area contributed by atoms with E-state index in [9.17, 15) is 8.42 Å². The van der Waals surface area contributed by atoms with E-state index in [-0.39, 0.29) is 4.90 Å². The molecule has 0 saturated carbocycles. The first-order chi connectivity index (χ1) is 10.0. The number of nitrogen functional groups attached to an aromatic ring is 1. The van der Waals surface area contributed by atoms with Gasteiger partial charge in [0, 0.05) is 12.2 Å². The molecule has 0 amide bonds. The second-order valence-corrected chi connectivity index (χ2v) is 6.71. The summed E-state index contributed by atoms with van der Waals surface area (Å²) in [4.78, 5) is 0.178. The fourth-order valence-electron chi connectivity index (χ4n) is 2.45. The van der Waals surface area contributed by atoms with Gasteiger partial charge in [0.1, 0.15) is 0 Å². The highest BCUT2D eigenvalue weighted by Crippen LogP contribution is 2.34. The molecule has 0 aromatic heterocycles. The molecule has 1 aliphatic heterocycles.